The Hall–Kier alpha value is -3.04. The fourth-order valence-electron chi connectivity index (χ4n) is 2.60. The first-order valence-corrected chi connectivity index (χ1v) is 9.90. The van der Waals surface area contributed by atoms with Gasteiger partial charge in [-0.05, 0) is 42.8 Å². The third-order valence-electron chi connectivity index (χ3n) is 3.88. The van der Waals surface area contributed by atoms with Crippen LogP contribution in [0, 0.1) is 6.92 Å². The van der Waals surface area contributed by atoms with Crippen molar-refractivity contribution in [2.75, 3.05) is 20.3 Å². The lowest BCUT2D eigenvalue weighted by Crippen LogP contribution is -2.31. The lowest BCUT2D eigenvalue weighted by molar-refractivity contribution is 0.0971. The van der Waals surface area contributed by atoms with E-state index in [4.69, 9.17) is 9.47 Å². The highest BCUT2D eigenvalue weighted by atomic mass is 32.2. The van der Waals surface area contributed by atoms with Gasteiger partial charge in [-0.2, -0.15) is 0 Å². The van der Waals surface area contributed by atoms with Crippen LogP contribution in [0.25, 0.3) is 10.9 Å². The summed E-state index contributed by atoms with van der Waals surface area (Å²) in [5, 5.41) is 0.421. The summed E-state index contributed by atoms with van der Waals surface area (Å²) in [5.41, 5.74) is 1.23. The Morgan fingerprint density at radius 3 is 2.75 bits per heavy atom. The Kier molecular flexibility index (Phi) is 5.86. The molecule has 8 nitrogen and oxygen atoms in total. The summed E-state index contributed by atoms with van der Waals surface area (Å²) < 4.78 is 38.1. The van der Waals surface area contributed by atoms with E-state index >= 15 is 0 Å². The molecule has 1 N–H and O–H groups in total. The summed E-state index contributed by atoms with van der Waals surface area (Å²) >= 11 is 0. The number of hydrogen-bond acceptors (Lipinski definition) is 7. The molecule has 1 amide bonds. The molecule has 0 saturated heterocycles. The topological polar surface area (TPSA) is 107 Å². The molecule has 0 aliphatic carbocycles. The minimum absolute atomic E-state index is 0.0260. The highest BCUT2D eigenvalue weighted by Gasteiger charge is 2.24. The maximum absolute atomic E-state index is 12.8. The van der Waals surface area contributed by atoms with Gasteiger partial charge in [0, 0.05) is 24.9 Å². The van der Waals surface area contributed by atoms with Gasteiger partial charge < -0.3 is 9.47 Å². The van der Waals surface area contributed by atoms with Crippen LogP contribution in [0.1, 0.15) is 15.9 Å². The van der Waals surface area contributed by atoms with Gasteiger partial charge in [-0.15, -0.1) is 0 Å². The Bertz CT molecular complexity index is 1110. The van der Waals surface area contributed by atoms with Crippen molar-refractivity contribution in [2.45, 2.75) is 11.8 Å². The number of benzene rings is 1. The van der Waals surface area contributed by atoms with Crippen molar-refractivity contribution in [3.05, 3.63) is 59.9 Å². The van der Waals surface area contributed by atoms with Crippen molar-refractivity contribution in [3.63, 3.8) is 0 Å². The molecule has 2 heterocycles. The number of amides is 1. The van der Waals surface area contributed by atoms with Crippen molar-refractivity contribution >= 4 is 26.8 Å². The molecule has 0 saturated carbocycles. The number of nitrogens with zero attached hydrogens (tertiary/aromatic N) is 2. The van der Waals surface area contributed by atoms with Gasteiger partial charge in [0.15, 0.2) is 0 Å². The number of rotatable bonds is 7. The SMILES string of the molecule is COCCOc1ncc(C)cc1C(=O)NS(=O)(=O)c1cccc2ncccc12. The molecule has 3 rings (SSSR count). The second kappa shape index (κ2) is 8.32. The lowest BCUT2D eigenvalue weighted by atomic mass is 10.2. The smallest absolute Gasteiger partial charge is 0.270 e. The normalized spacial score (nSPS) is 11.4. The van der Waals surface area contributed by atoms with Gasteiger partial charge in [-0.1, -0.05) is 6.07 Å². The molecule has 0 bridgehead atoms. The van der Waals surface area contributed by atoms with E-state index in [2.05, 4.69) is 14.7 Å². The summed E-state index contributed by atoms with van der Waals surface area (Å²) in [6.45, 7) is 2.22. The fourth-order valence-corrected chi connectivity index (χ4v) is 3.78. The number of hydrogen-bond donors (Lipinski definition) is 1. The van der Waals surface area contributed by atoms with Crippen LogP contribution in [0.3, 0.4) is 0 Å². The number of aromatic nitrogens is 2. The Morgan fingerprint density at radius 2 is 1.96 bits per heavy atom. The van der Waals surface area contributed by atoms with E-state index in [1.807, 2.05) is 0 Å². The van der Waals surface area contributed by atoms with Gasteiger partial charge in [-0.25, -0.2) is 18.1 Å². The zero-order valence-electron chi connectivity index (χ0n) is 15.4. The molecule has 1 aromatic carbocycles. The molecule has 0 unspecified atom stereocenters. The molecule has 0 spiro atoms. The van der Waals surface area contributed by atoms with Crippen LogP contribution in [0.15, 0.2) is 53.7 Å². The number of aryl methyl sites for hydroxylation is 1. The van der Waals surface area contributed by atoms with E-state index in [1.54, 1.807) is 37.4 Å². The summed E-state index contributed by atoms with van der Waals surface area (Å²) in [6, 6.07) is 9.48. The highest BCUT2D eigenvalue weighted by Crippen LogP contribution is 2.22. The fraction of sp³-hybridized carbons (Fsp3) is 0.211. The van der Waals surface area contributed by atoms with Crippen molar-refractivity contribution in [1.82, 2.24) is 14.7 Å². The van der Waals surface area contributed by atoms with Gasteiger partial charge in [0.05, 0.1) is 17.0 Å². The molecular formula is C19H19N3O5S. The first-order valence-electron chi connectivity index (χ1n) is 8.41. The van der Waals surface area contributed by atoms with E-state index in [1.165, 1.54) is 25.4 Å². The molecule has 146 valence electrons. The zero-order chi connectivity index (χ0) is 20.1. The predicted molar refractivity (Wildman–Crippen MR) is 103 cm³/mol. The molecular weight excluding hydrogens is 382 g/mol. The van der Waals surface area contributed by atoms with Gasteiger partial charge in [-0.3, -0.25) is 9.78 Å². The zero-order valence-corrected chi connectivity index (χ0v) is 16.2. The number of fused-ring (bicyclic) bond motifs is 1. The number of ether oxygens (including phenoxy) is 2. The molecule has 28 heavy (non-hydrogen) atoms. The van der Waals surface area contributed by atoms with Crippen molar-refractivity contribution in [1.29, 1.82) is 0 Å². The number of nitrogens with one attached hydrogen (secondary N) is 1. The summed E-state index contributed by atoms with van der Waals surface area (Å²) in [6.07, 6.45) is 3.10. The van der Waals surface area contributed by atoms with Crippen LogP contribution in [0.5, 0.6) is 5.88 Å². The number of methoxy groups -OCH3 is 1. The summed E-state index contributed by atoms with van der Waals surface area (Å²) in [5.74, 6) is -0.792. The number of sulfonamides is 1. The largest absolute Gasteiger partial charge is 0.475 e. The van der Waals surface area contributed by atoms with Crippen molar-refractivity contribution in [3.8, 4) is 5.88 Å². The van der Waals surface area contributed by atoms with E-state index in [9.17, 15) is 13.2 Å². The molecule has 0 fully saturated rings. The number of pyridine rings is 2. The maximum Gasteiger partial charge on any atom is 0.270 e. The Morgan fingerprint density at radius 1 is 1.14 bits per heavy atom. The molecule has 0 atom stereocenters. The minimum atomic E-state index is -4.14. The molecule has 9 heteroatoms. The van der Waals surface area contributed by atoms with Crippen LogP contribution >= 0.6 is 0 Å². The summed E-state index contributed by atoms with van der Waals surface area (Å²) in [7, 11) is -2.62. The first-order chi connectivity index (χ1) is 13.4. The Labute approximate surface area is 162 Å². The monoisotopic (exact) mass is 401 g/mol. The first kappa shape index (κ1) is 19.7. The summed E-state index contributed by atoms with van der Waals surface area (Å²) in [4.78, 5) is 20.9. The van der Waals surface area contributed by atoms with Crippen LogP contribution in [0.4, 0.5) is 0 Å². The predicted octanol–water partition coefficient (Wildman–Crippen LogP) is 2.08. The van der Waals surface area contributed by atoms with Gasteiger partial charge in [0.1, 0.15) is 12.2 Å². The third-order valence-corrected chi connectivity index (χ3v) is 5.27. The van der Waals surface area contributed by atoms with Crippen LogP contribution in [-0.2, 0) is 14.8 Å². The van der Waals surface area contributed by atoms with Crippen LogP contribution < -0.4 is 9.46 Å². The third kappa shape index (κ3) is 4.26. The number of carbonyl (C=O) groups is 1. The van der Waals surface area contributed by atoms with Crippen LogP contribution in [0.2, 0.25) is 0 Å². The average Bonchev–Trinajstić information content (AvgIpc) is 2.68. The second-order valence-corrected chi connectivity index (χ2v) is 7.62. The quantitative estimate of drug-likeness (QED) is 0.604. The van der Waals surface area contributed by atoms with E-state index in [0.717, 1.165) is 0 Å². The second-order valence-electron chi connectivity index (χ2n) is 5.97. The van der Waals surface area contributed by atoms with Gasteiger partial charge >= 0.3 is 0 Å². The van der Waals surface area contributed by atoms with Crippen molar-refractivity contribution in [2.24, 2.45) is 0 Å². The standard InChI is InChI=1S/C19H19N3O5S/c1-13-11-15(19(21-12-13)27-10-9-26-2)18(23)22-28(24,25)17-7-3-6-16-14(17)5-4-8-20-16/h3-8,11-12H,9-10H2,1-2H3,(H,22,23). The number of carbonyl (C=O) groups excluding carboxylic acids is 1. The Balaban J connectivity index is 1.93. The minimum Gasteiger partial charge on any atom is -0.475 e. The van der Waals surface area contributed by atoms with Crippen molar-refractivity contribution < 1.29 is 22.7 Å². The average molecular weight is 401 g/mol. The molecule has 0 radical (unpaired) electrons. The lowest BCUT2D eigenvalue weighted by Gasteiger charge is -2.12. The van der Waals surface area contributed by atoms with Gasteiger partial charge in [0.2, 0.25) is 5.88 Å². The molecule has 0 aliphatic rings. The molecule has 0 aliphatic heterocycles. The van der Waals surface area contributed by atoms with Crippen LogP contribution in [-0.4, -0.2) is 44.6 Å². The van der Waals surface area contributed by atoms with E-state index < -0.39 is 15.9 Å². The van der Waals surface area contributed by atoms with E-state index in [0.29, 0.717) is 23.1 Å². The van der Waals surface area contributed by atoms with Gasteiger partial charge in [0.25, 0.3) is 15.9 Å². The highest BCUT2D eigenvalue weighted by molar-refractivity contribution is 7.90. The van der Waals surface area contributed by atoms with E-state index in [-0.39, 0.29) is 22.9 Å². The molecule has 3 aromatic rings. The maximum atomic E-state index is 12.8. The molecule has 2 aromatic heterocycles.